The molecule has 0 aliphatic carbocycles. The molecule has 0 aliphatic rings. The van der Waals surface area contributed by atoms with E-state index in [1.54, 1.807) is 41.5 Å². The molecule has 0 unspecified atom stereocenters. The van der Waals surface area contributed by atoms with Crippen LogP contribution in [-0.4, -0.2) is 30.0 Å². The van der Waals surface area contributed by atoms with Crippen LogP contribution in [0.25, 0.3) is 0 Å². The molecule has 18 heavy (non-hydrogen) atoms. The summed E-state index contributed by atoms with van der Waals surface area (Å²) in [6.45, 7) is 12.1. The third-order valence-corrected chi connectivity index (χ3v) is 0.512. The molecule has 0 saturated heterocycles. The van der Waals surface area contributed by atoms with Crippen molar-refractivity contribution in [2.75, 3.05) is 6.61 Å². The zero-order valence-electron chi connectivity index (χ0n) is 13.0. The van der Waals surface area contributed by atoms with E-state index in [9.17, 15) is 15.3 Å². The monoisotopic (exact) mass is 299 g/mol. The Bertz CT molecular complexity index is 74.5. The van der Waals surface area contributed by atoms with E-state index >= 15 is 0 Å². The molecule has 0 rings (SSSR count). The molecule has 0 amide bonds. The maximum absolute atomic E-state index is 9.53. The van der Waals surface area contributed by atoms with E-state index in [0.717, 1.165) is 12.8 Å². The average molecular weight is 299 g/mol. The van der Waals surface area contributed by atoms with Gasteiger partial charge in [0.05, 0.1) is 0 Å². The van der Waals surface area contributed by atoms with Gasteiger partial charge in [-0.3, -0.25) is 0 Å². The number of unbranched alkanes of at least 4 members (excludes halogenated alkanes) is 1. The van der Waals surface area contributed by atoms with Gasteiger partial charge in [-0.1, -0.05) is 54.9 Å². The molecule has 0 atom stereocenters. The van der Waals surface area contributed by atoms with E-state index in [1.807, 2.05) is 0 Å². The molecule has 0 spiro atoms. The van der Waals surface area contributed by atoms with Gasteiger partial charge < -0.3 is 20.4 Å². The minimum atomic E-state index is -0.417. The van der Waals surface area contributed by atoms with Gasteiger partial charge in [0.25, 0.3) is 0 Å². The molecule has 4 nitrogen and oxygen atoms in total. The molecule has 1 radical (unpaired) electrons. The average Bonchev–Trinajstić information content (AvgIpc) is 2.01. The fourth-order valence-corrected chi connectivity index (χ4v) is 0.158. The summed E-state index contributed by atoms with van der Waals surface area (Å²) in [5.74, 6) is 0. The topological polar surface area (TPSA) is 89.4 Å². The zero-order chi connectivity index (χ0) is 14.9. The SMILES string of the molecule is CC(C)[O-].CC(C)[O-].CC(C)[O-].CCCCO.[Ti+3]. The van der Waals surface area contributed by atoms with Crippen LogP contribution in [0.1, 0.15) is 61.3 Å². The number of aliphatic hydroxyl groups excluding tert-OH is 1. The summed E-state index contributed by atoms with van der Waals surface area (Å²) in [5, 5.41) is 36.6. The maximum atomic E-state index is 9.53. The molecule has 0 bridgehead atoms. The molecule has 0 heterocycles. The summed E-state index contributed by atoms with van der Waals surface area (Å²) in [5.41, 5.74) is 0. The van der Waals surface area contributed by atoms with E-state index in [4.69, 9.17) is 5.11 Å². The van der Waals surface area contributed by atoms with Crippen LogP contribution in [0, 0.1) is 0 Å². The molecule has 0 fully saturated rings. The molecule has 0 aromatic rings. The smallest absolute Gasteiger partial charge is 0.852 e. The van der Waals surface area contributed by atoms with E-state index in [1.165, 1.54) is 0 Å². The van der Waals surface area contributed by atoms with E-state index < -0.39 is 18.3 Å². The van der Waals surface area contributed by atoms with Gasteiger partial charge in [0.2, 0.25) is 0 Å². The second kappa shape index (κ2) is 30.5. The first-order chi connectivity index (χ1) is 7.61. The molecule has 0 aliphatic heterocycles. The molecular formula is C13H31O4Ti. The van der Waals surface area contributed by atoms with Crippen LogP contribution in [0.5, 0.6) is 0 Å². The summed E-state index contributed by atoms with van der Waals surface area (Å²) in [4.78, 5) is 0. The number of hydrogen-bond acceptors (Lipinski definition) is 4. The number of hydrogen-bond donors (Lipinski definition) is 1. The van der Waals surface area contributed by atoms with Gasteiger partial charge in [-0.05, 0) is 6.42 Å². The minimum Gasteiger partial charge on any atom is -0.852 e. The largest absolute Gasteiger partial charge is 3.00 e. The summed E-state index contributed by atoms with van der Waals surface area (Å²) in [7, 11) is 0. The first-order valence-corrected chi connectivity index (χ1v) is 6.19. The van der Waals surface area contributed by atoms with Crippen molar-refractivity contribution in [2.24, 2.45) is 0 Å². The van der Waals surface area contributed by atoms with E-state index in [0.29, 0.717) is 6.61 Å². The Kier molecular flexibility index (Phi) is 52.8. The van der Waals surface area contributed by atoms with Gasteiger partial charge in [-0.25, -0.2) is 0 Å². The molecular weight excluding hydrogens is 268 g/mol. The van der Waals surface area contributed by atoms with Crippen LogP contribution in [0.2, 0.25) is 0 Å². The Hall–Kier alpha value is 0.554. The van der Waals surface area contributed by atoms with Crippen molar-refractivity contribution >= 4 is 0 Å². The van der Waals surface area contributed by atoms with Gasteiger partial charge in [-0.2, -0.15) is 0 Å². The van der Waals surface area contributed by atoms with Crippen molar-refractivity contribution in [1.82, 2.24) is 0 Å². The minimum absolute atomic E-state index is 0. The van der Waals surface area contributed by atoms with Gasteiger partial charge in [0, 0.05) is 6.61 Å². The first kappa shape index (κ1) is 31.1. The fourth-order valence-electron chi connectivity index (χ4n) is 0.158. The zero-order valence-corrected chi connectivity index (χ0v) is 14.6. The quantitative estimate of drug-likeness (QED) is 0.729. The summed E-state index contributed by atoms with van der Waals surface area (Å²) >= 11 is 0. The predicted molar refractivity (Wildman–Crippen MR) is 67.4 cm³/mol. The molecule has 0 aromatic heterocycles. The Labute approximate surface area is 128 Å². The summed E-state index contributed by atoms with van der Waals surface area (Å²) in [6, 6.07) is 0. The third-order valence-electron chi connectivity index (χ3n) is 0.512. The molecule has 0 aromatic carbocycles. The Morgan fingerprint density at radius 1 is 0.778 bits per heavy atom. The molecule has 5 heteroatoms. The van der Waals surface area contributed by atoms with Gasteiger partial charge in [0.15, 0.2) is 0 Å². The van der Waals surface area contributed by atoms with Crippen LogP contribution in [0.4, 0.5) is 0 Å². The van der Waals surface area contributed by atoms with Crippen LogP contribution in [0.3, 0.4) is 0 Å². The van der Waals surface area contributed by atoms with Crippen LogP contribution >= 0.6 is 0 Å². The van der Waals surface area contributed by atoms with Crippen molar-refractivity contribution in [1.29, 1.82) is 0 Å². The molecule has 0 saturated carbocycles. The second-order valence-corrected chi connectivity index (χ2v) is 4.22. The number of rotatable bonds is 2. The Balaban J connectivity index is -0.0000000412. The first-order valence-electron chi connectivity index (χ1n) is 6.19. The second-order valence-electron chi connectivity index (χ2n) is 4.22. The third kappa shape index (κ3) is 614. The van der Waals surface area contributed by atoms with Crippen molar-refractivity contribution < 1.29 is 42.1 Å². The van der Waals surface area contributed by atoms with Crippen molar-refractivity contribution in [2.45, 2.75) is 79.6 Å². The van der Waals surface area contributed by atoms with Gasteiger partial charge in [-0.15, -0.1) is 18.3 Å². The van der Waals surface area contributed by atoms with E-state index in [-0.39, 0.29) is 21.7 Å². The van der Waals surface area contributed by atoms with Crippen LogP contribution in [-0.2, 0) is 21.7 Å². The summed E-state index contributed by atoms with van der Waals surface area (Å²) < 4.78 is 0. The van der Waals surface area contributed by atoms with Gasteiger partial charge >= 0.3 is 21.7 Å². The summed E-state index contributed by atoms with van der Waals surface area (Å²) in [6.07, 6.45) is 0.788. The van der Waals surface area contributed by atoms with Crippen molar-refractivity contribution in [3.63, 3.8) is 0 Å². The van der Waals surface area contributed by atoms with E-state index in [2.05, 4.69) is 6.92 Å². The Morgan fingerprint density at radius 2 is 0.944 bits per heavy atom. The maximum Gasteiger partial charge on any atom is 3.00 e. The molecule has 111 valence electrons. The predicted octanol–water partition coefficient (Wildman–Crippen LogP) is 0.0416. The van der Waals surface area contributed by atoms with Crippen LogP contribution < -0.4 is 15.3 Å². The van der Waals surface area contributed by atoms with Crippen molar-refractivity contribution in [3.05, 3.63) is 0 Å². The normalized spacial score (nSPS) is 8.33. The van der Waals surface area contributed by atoms with Gasteiger partial charge in [0.1, 0.15) is 0 Å². The standard InChI is InChI=1S/C4H10O.3C3H7O.Ti/c1-2-3-4-5;3*1-3(2)4;/h5H,2-4H2,1H3;3*3H,1-2H3;/q;3*-1;+3. The van der Waals surface area contributed by atoms with Crippen molar-refractivity contribution in [3.8, 4) is 0 Å². The van der Waals surface area contributed by atoms with Crippen LogP contribution in [0.15, 0.2) is 0 Å². The Morgan fingerprint density at radius 3 is 0.944 bits per heavy atom. The molecule has 1 N–H and O–H groups in total. The number of aliphatic hydroxyl groups is 1. The fraction of sp³-hybridized carbons (Fsp3) is 1.00.